The average Bonchev–Trinajstić information content (AvgIpc) is 2.87. The second-order valence-corrected chi connectivity index (χ2v) is 8.08. The number of aliphatic hydroxyl groups excluding tert-OH is 2. The second-order valence-electron chi connectivity index (χ2n) is 8.08. The molecule has 194 valence electrons. The van der Waals surface area contributed by atoms with E-state index in [2.05, 4.69) is 5.32 Å². The molecular weight excluding hydrogens is 483 g/mol. The summed E-state index contributed by atoms with van der Waals surface area (Å²) < 4.78 is 44.6. The van der Waals surface area contributed by atoms with Gasteiger partial charge in [0.25, 0.3) is 0 Å². The van der Waals surface area contributed by atoms with Crippen LogP contribution in [-0.2, 0) is 11.0 Å². The summed E-state index contributed by atoms with van der Waals surface area (Å²) in [5.74, 6) is 0.202. The van der Waals surface area contributed by atoms with Gasteiger partial charge in [-0.25, -0.2) is 0 Å². The van der Waals surface area contributed by atoms with Gasteiger partial charge in [-0.1, -0.05) is 54.6 Å². The molecule has 3 aromatic carbocycles. The summed E-state index contributed by atoms with van der Waals surface area (Å²) in [6.07, 6.45) is -0.815. The number of aliphatic hydroxyl groups is 2. The Bertz CT molecular complexity index is 1230. The van der Waals surface area contributed by atoms with Gasteiger partial charge in [0.15, 0.2) is 0 Å². The number of nitrogens with one attached hydrogen (secondary N) is 1. The Morgan fingerprint density at radius 1 is 1.00 bits per heavy atom. The predicted octanol–water partition coefficient (Wildman–Crippen LogP) is 6.15. The van der Waals surface area contributed by atoms with Gasteiger partial charge in [0.2, 0.25) is 5.91 Å². The van der Waals surface area contributed by atoms with Crippen LogP contribution in [0.1, 0.15) is 41.7 Å². The first-order chi connectivity index (χ1) is 17.7. The van der Waals surface area contributed by atoms with E-state index < -0.39 is 23.8 Å². The molecule has 0 aromatic heterocycles. The molecule has 1 atom stereocenters. The van der Waals surface area contributed by atoms with Crippen molar-refractivity contribution in [2.45, 2.75) is 25.6 Å². The van der Waals surface area contributed by atoms with E-state index in [0.29, 0.717) is 34.7 Å². The van der Waals surface area contributed by atoms with Crippen molar-refractivity contribution in [2.75, 3.05) is 18.5 Å². The zero-order valence-electron chi connectivity index (χ0n) is 20.2. The van der Waals surface area contributed by atoms with Crippen LogP contribution < -0.4 is 10.1 Å². The number of hydrogen-bond donors (Lipinski definition) is 3. The number of amides is 1. The number of hydrogen-bond acceptors (Lipinski definition) is 4. The number of benzene rings is 3. The van der Waals surface area contributed by atoms with E-state index in [-0.39, 0.29) is 13.0 Å². The third-order valence-corrected chi connectivity index (χ3v) is 5.49. The molecule has 1 unspecified atom stereocenters. The highest BCUT2D eigenvalue weighted by atomic mass is 19.4. The maximum atomic E-state index is 13.0. The van der Waals surface area contributed by atoms with Gasteiger partial charge in [-0.3, -0.25) is 4.79 Å². The fraction of sp³-hybridized carbons (Fsp3) is 0.207. The van der Waals surface area contributed by atoms with Crippen LogP contribution in [-0.4, -0.2) is 29.3 Å². The largest absolute Gasteiger partial charge is 0.494 e. The van der Waals surface area contributed by atoms with Gasteiger partial charge in [0, 0.05) is 30.4 Å². The topological polar surface area (TPSA) is 78.8 Å². The molecule has 3 N–H and O–H groups in total. The summed E-state index contributed by atoms with van der Waals surface area (Å²) in [6.45, 7) is 2.16. The number of rotatable bonds is 10. The SMILES string of the molecule is CCOc1ccc(C(=CC=CC(=O)Nc2ccccc2C(O)CCO)c2ccc(C(F)(F)F)cc2)cc1. The molecule has 8 heteroatoms. The summed E-state index contributed by atoms with van der Waals surface area (Å²) in [5.41, 5.74) is 2.02. The molecule has 3 rings (SSSR count). The van der Waals surface area contributed by atoms with Gasteiger partial charge in [0.1, 0.15) is 5.75 Å². The molecular formula is C29H28F3NO4. The van der Waals surface area contributed by atoms with Crippen LogP contribution in [0.3, 0.4) is 0 Å². The molecule has 0 heterocycles. The maximum absolute atomic E-state index is 13.0. The van der Waals surface area contributed by atoms with Crippen LogP contribution in [0.2, 0.25) is 0 Å². The van der Waals surface area contributed by atoms with Crippen LogP contribution in [0.5, 0.6) is 5.75 Å². The lowest BCUT2D eigenvalue weighted by molar-refractivity contribution is -0.137. The van der Waals surface area contributed by atoms with Crippen LogP contribution in [0, 0.1) is 0 Å². The molecule has 0 aliphatic rings. The maximum Gasteiger partial charge on any atom is 0.416 e. The Balaban J connectivity index is 1.87. The lowest BCUT2D eigenvalue weighted by Crippen LogP contribution is -2.12. The highest BCUT2D eigenvalue weighted by Crippen LogP contribution is 2.32. The molecule has 5 nitrogen and oxygen atoms in total. The van der Waals surface area contributed by atoms with Crippen LogP contribution in [0.4, 0.5) is 18.9 Å². The van der Waals surface area contributed by atoms with E-state index in [9.17, 15) is 23.1 Å². The van der Waals surface area contributed by atoms with Crippen molar-refractivity contribution in [1.82, 2.24) is 0 Å². The molecule has 0 spiro atoms. The number of alkyl halides is 3. The molecule has 3 aromatic rings. The summed E-state index contributed by atoms with van der Waals surface area (Å²) in [5, 5.41) is 22.0. The highest BCUT2D eigenvalue weighted by molar-refractivity contribution is 6.00. The number of anilines is 1. The van der Waals surface area contributed by atoms with Crippen molar-refractivity contribution in [3.8, 4) is 5.75 Å². The van der Waals surface area contributed by atoms with Crippen LogP contribution >= 0.6 is 0 Å². The first-order valence-electron chi connectivity index (χ1n) is 11.7. The molecule has 0 saturated heterocycles. The fourth-order valence-corrected chi connectivity index (χ4v) is 3.68. The zero-order valence-corrected chi connectivity index (χ0v) is 20.2. The molecule has 0 saturated carbocycles. The third kappa shape index (κ3) is 7.80. The van der Waals surface area contributed by atoms with Gasteiger partial charge in [-0.2, -0.15) is 13.2 Å². The minimum atomic E-state index is -4.44. The third-order valence-electron chi connectivity index (χ3n) is 5.49. The Morgan fingerprint density at radius 2 is 1.62 bits per heavy atom. The molecule has 37 heavy (non-hydrogen) atoms. The monoisotopic (exact) mass is 511 g/mol. The normalized spacial score (nSPS) is 13.0. The van der Waals surface area contributed by atoms with Gasteiger partial charge >= 0.3 is 6.18 Å². The van der Waals surface area contributed by atoms with Crippen molar-refractivity contribution < 1.29 is 32.9 Å². The molecule has 0 aliphatic heterocycles. The van der Waals surface area contributed by atoms with Crippen LogP contribution in [0.25, 0.3) is 5.57 Å². The van der Waals surface area contributed by atoms with Gasteiger partial charge < -0.3 is 20.3 Å². The van der Waals surface area contributed by atoms with Crippen molar-refractivity contribution in [3.63, 3.8) is 0 Å². The number of halogens is 3. The van der Waals surface area contributed by atoms with Gasteiger partial charge in [-0.15, -0.1) is 0 Å². The van der Waals surface area contributed by atoms with E-state index in [1.54, 1.807) is 54.6 Å². The van der Waals surface area contributed by atoms with Crippen molar-refractivity contribution in [2.24, 2.45) is 0 Å². The van der Waals surface area contributed by atoms with E-state index in [1.165, 1.54) is 24.3 Å². The quantitative estimate of drug-likeness (QED) is 0.226. The smallest absolute Gasteiger partial charge is 0.416 e. The first-order valence-corrected chi connectivity index (χ1v) is 11.7. The molecule has 1 amide bonds. The van der Waals surface area contributed by atoms with E-state index in [4.69, 9.17) is 9.84 Å². The molecule has 0 radical (unpaired) electrons. The average molecular weight is 512 g/mol. The number of carbonyl (C=O) groups is 1. The fourth-order valence-electron chi connectivity index (χ4n) is 3.68. The highest BCUT2D eigenvalue weighted by Gasteiger charge is 2.30. The lowest BCUT2D eigenvalue weighted by atomic mass is 9.96. The summed E-state index contributed by atoms with van der Waals surface area (Å²) in [7, 11) is 0. The van der Waals surface area contributed by atoms with E-state index >= 15 is 0 Å². The predicted molar refractivity (Wildman–Crippen MR) is 137 cm³/mol. The Kier molecular flexibility index (Phi) is 9.65. The second kappa shape index (κ2) is 12.9. The Morgan fingerprint density at radius 3 is 2.22 bits per heavy atom. The summed E-state index contributed by atoms with van der Waals surface area (Å²) in [6, 6.07) is 18.7. The number of para-hydroxylation sites is 1. The molecule has 0 fully saturated rings. The summed E-state index contributed by atoms with van der Waals surface area (Å²) >= 11 is 0. The zero-order chi connectivity index (χ0) is 26.8. The Labute approximate surface area is 213 Å². The lowest BCUT2D eigenvalue weighted by Gasteiger charge is -2.14. The standard InChI is InChI=1S/C29H28F3NO4/c1-2-37-23-16-12-21(13-17-23)24(20-10-14-22(15-11-20)29(30,31)32)7-5-9-28(36)33-26-8-4-3-6-25(26)27(35)18-19-34/h3-17,27,34-35H,2,18-19H2,1H3,(H,33,36). The van der Waals surface area contributed by atoms with Crippen molar-refractivity contribution >= 4 is 17.2 Å². The molecule has 0 aliphatic carbocycles. The minimum Gasteiger partial charge on any atom is -0.494 e. The summed E-state index contributed by atoms with van der Waals surface area (Å²) in [4.78, 5) is 12.6. The molecule has 0 bridgehead atoms. The van der Waals surface area contributed by atoms with E-state index in [1.807, 2.05) is 6.92 Å². The minimum absolute atomic E-state index is 0.129. The Hall–Kier alpha value is -3.88. The van der Waals surface area contributed by atoms with E-state index in [0.717, 1.165) is 17.7 Å². The van der Waals surface area contributed by atoms with Gasteiger partial charge in [-0.05, 0) is 54.0 Å². The van der Waals surface area contributed by atoms with Crippen molar-refractivity contribution in [3.05, 3.63) is 113 Å². The number of ether oxygens (including phenoxy) is 1. The van der Waals surface area contributed by atoms with Gasteiger partial charge in [0.05, 0.1) is 18.3 Å². The first kappa shape index (κ1) is 27.7. The number of allylic oxidation sites excluding steroid dienone is 2. The van der Waals surface area contributed by atoms with Crippen molar-refractivity contribution in [1.29, 1.82) is 0 Å². The van der Waals surface area contributed by atoms with Crippen LogP contribution in [0.15, 0.2) is 91.0 Å². The number of carbonyl (C=O) groups excluding carboxylic acids is 1.